The minimum atomic E-state index is -4.26. The Labute approximate surface area is 139 Å². The second-order valence-corrected chi connectivity index (χ2v) is 6.61. The Hall–Kier alpha value is -2.36. The van der Waals surface area contributed by atoms with E-state index < -0.39 is 11.6 Å². The fraction of sp³-hybridized carbons (Fsp3) is 0.250. The third-order valence-corrected chi connectivity index (χ3v) is 4.27. The molecule has 0 aliphatic rings. The summed E-state index contributed by atoms with van der Waals surface area (Å²) < 4.78 is 40.0. The van der Waals surface area contributed by atoms with Gasteiger partial charge in [0.25, 0.3) is 0 Å². The van der Waals surface area contributed by atoms with Crippen LogP contribution in [0.25, 0.3) is 22.2 Å². The third-order valence-electron chi connectivity index (χ3n) is 4.27. The lowest BCUT2D eigenvalue weighted by molar-refractivity contribution is -0.210. The Bertz CT molecular complexity index is 852. The largest absolute Gasteiger partial charge is 0.394 e. The predicted octanol–water partition coefficient (Wildman–Crippen LogP) is 6.03. The summed E-state index contributed by atoms with van der Waals surface area (Å²) in [6, 6.07) is 18.6. The topological polar surface area (TPSA) is 12.9 Å². The second-order valence-electron chi connectivity index (χ2n) is 6.61. The normalized spacial score (nSPS) is 12.5. The third kappa shape index (κ3) is 3.14. The Balaban J connectivity index is 2.16. The van der Waals surface area contributed by atoms with Gasteiger partial charge >= 0.3 is 6.18 Å². The number of hydrogen-bond acceptors (Lipinski definition) is 1. The Morgan fingerprint density at radius 2 is 1.50 bits per heavy atom. The highest BCUT2D eigenvalue weighted by atomic mass is 19.4. The molecule has 4 heteroatoms. The fourth-order valence-electron chi connectivity index (χ4n) is 2.73. The van der Waals surface area contributed by atoms with Crippen LogP contribution in [0.3, 0.4) is 0 Å². The van der Waals surface area contributed by atoms with Gasteiger partial charge in [0.05, 0.1) is 16.6 Å². The van der Waals surface area contributed by atoms with Gasteiger partial charge in [0.2, 0.25) is 0 Å². The van der Waals surface area contributed by atoms with Crippen LogP contribution in [0.15, 0.2) is 60.7 Å². The van der Waals surface area contributed by atoms with Crippen molar-refractivity contribution >= 4 is 10.9 Å². The van der Waals surface area contributed by atoms with Crippen molar-refractivity contribution in [3.05, 3.63) is 66.2 Å². The number of para-hydroxylation sites is 1. The van der Waals surface area contributed by atoms with Crippen molar-refractivity contribution in [1.82, 2.24) is 4.98 Å². The second kappa shape index (κ2) is 5.93. The molecular formula is C20H18F3N. The van der Waals surface area contributed by atoms with Gasteiger partial charge in [0.1, 0.15) is 0 Å². The molecule has 3 rings (SSSR count). The Kier molecular flexibility index (Phi) is 4.08. The van der Waals surface area contributed by atoms with E-state index in [9.17, 15) is 13.2 Å². The number of fused-ring (bicyclic) bond motifs is 1. The summed E-state index contributed by atoms with van der Waals surface area (Å²) in [5.41, 5.74) is 1.18. The summed E-state index contributed by atoms with van der Waals surface area (Å²) in [5, 5.41) is 0.773. The maximum atomic E-state index is 13.3. The summed E-state index contributed by atoms with van der Waals surface area (Å²) >= 11 is 0. The molecule has 1 nitrogen and oxygen atoms in total. The molecule has 3 aromatic rings. The van der Waals surface area contributed by atoms with E-state index in [0.29, 0.717) is 16.8 Å². The van der Waals surface area contributed by atoms with Crippen LogP contribution in [0.4, 0.5) is 13.2 Å². The lowest BCUT2D eigenvalue weighted by atomic mass is 9.83. The zero-order valence-corrected chi connectivity index (χ0v) is 13.6. The Morgan fingerprint density at radius 3 is 2.17 bits per heavy atom. The number of rotatable bonds is 3. The summed E-state index contributed by atoms with van der Waals surface area (Å²) in [6.07, 6.45) is -4.34. The van der Waals surface area contributed by atoms with E-state index in [-0.39, 0.29) is 6.42 Å². The zero-order valence-electron chi connectivity index (χ0n) is 13.6. The average molecular weight is 329 g/mol. The van der Waals surface area contributed by atoms with Crippen molar-refractivity contribution in [2.24, 2.45) is 5.41 Å². The average Bonchev–Trinajstić information content (AvgIpc) is 2.54. The quantitative estimate of drug-likeness (QED) is 0.571. The molecule has 0 amide bonds. The maximum Gasteiger partial charge on any atom is 0.394 e. The van der Waals surface area contributed by atoms with E-state index in [2.05, 4.69) is 4.98 Å². The molecule has 0 unspecified atom stereocenters. The smallest absolute Gasteiger partial charge is 0.248 e. The first-order chi connectivity index (χ1) is 11.3. The van der Waals surface area contributed by atoms with Crippen molar-refractivity contribution < 1.29 is 13.2 Å². The summed E-state index contributed by atoms with van der Waals surface area (Å²) in [6.45, 7) is 2.48. The summed E-state index contributed by atoms with van der Waals surface area (Å²) in [5.74, 6) is 0. The van der Waals surface area contributed by atoms with Gasteiger partial charge in [0, 0.05) is 10.9 Å². The van der Waals surface area contributed by atoms with Gasteiger partial charge < -0.3 is 0 Å². The molecule has 0 spiro atoms. The van der Waals surface area contributed by atoms with Crippen LogP contribution in [0, 0.1) is 5.41 Å². The minimum Gasteiger partial charge on any atom is -0.248 e. The molecule has 1 heterocycles. The van der Waals surface area contributed by atoms with E-state index in [1.165, 1.54) is 13.8 Å². The number of pyridine rings is 1. The molecule has 0 radical (unpaired) electrons. The maximum absolute atomic E-state index is 13.3. The Morgan fingerprint density at radius 1 is 0.875 bits per heavy atom. The van der Waals surface area contributed by atoms with Gasteiger partial charge in [-0.25, -0.2) is 4.98 Å². The lowest BCUT2D eigenvalue weighted by Gasteiger charge is -2.28. The van der Waals surface area contributed by atoms with Crippen LogP contribution in [-0.2, 0) is 6.42 Å². The molecular weight excluding hydrogens is 311 g/mol. The van der Waals surface area contributed by atoms with Crippen molar-refractivity contribution in [3.63, 3.8) is 0 Å². The first kappa shape index (κ1) is 16.5. The number of alkyl halides is 3. The van der Waals surface area contributed by atoms with Crippen LogP contribution >= 0.6 is 0 Å². The molecule has 0 aliphatic heterocycles. The van der Waals surface area contributed by atoms with Crippen LogP contribution < -0.4 is 0 Å². The van der Waals surface area contributed by atoms with Crippen LogP contribution in [0.2, 0.25) is 0 Å². The van der Waals surface area contributed by atoms with Crippen LogP contribution in [0.1, 0.15) is 19.4 Å². The van der Waals surface area contributed by atoms with E-state index in [0.717, 1.165) is 10.9 Å². The van der Waals surface area contributed by atoms with Gasteiger partial charge in [-0.3, -0.25) is 0 Å². The number of benzene rings is 2. The summed E-state index contributed by atoms with van der Waals surface area (Å²) in [7, 11) is 0. The molecule has 0 atom stereocenters. The molecule has 24 heavy (non-hydrogen) atoms. The van der Waals surface area contributed by atoms with Crippen molar-refractivity contribution in [3.8, 4) is 11.3 Å². The zero-order chi connectivity index (χ0) is 17.4. The minimum absolute atomic E-state index is 0.0840. The van der Waals surface area contributed by atoms with Gasteiger partial charge in [-0.15, -0.1) is 0 Å². The van der Waals surface area contributed by atoms with Crippen LogP contribution in [0.5, 0.6) is 0 Å². The highest BCUT2D eigenvalue weighted by Crippen LogP contribution is 2.41. The predicted molar refractivity (Wildman–Crippen MR) is 90.7 cm³/mol. The molecule has 0 N–H and O–H groups in total. The summed E-state index contributed by atoms with van der Waals surface area (Å²) in [4.78, 5) is 4.62. The molecule has 0 fully saturated rings. The van der Waals surface area contributed by atoms with Gasteiger partial charge in [-0.2, -0.15) is 13.2 Å². The first-order valence-electron chi connectivity index (χ1n) is 7.79. The standard InChI is InChI=1S/C20H18F3N/c1-19(2,20(21,22)23)13-15-12-18(14-8-4-3-5-9-14)24-17-11-7-6-10-16(15)17/h3-12H,13H2,1-2H3. The number of aromatic nitrogens is 1. The molecule has 0 saturated heterocycles. The molecule has 0 saturated carbocycles. The molecule has 0 aliphatic carbocycles. The van der Waals surface area contributed by atoms with Crippen molar-refractivity contribution in [2.75, 3.05) is 0 Å². The monoisotopic (exact) mass is 329 g/mol. The van der Waals surface area contributed by atoms with E-state index >= 15 is 0 Å². The number of nitrogens with zero attached hydrogens (tertiary/aromatic N) is 1. The highest BCUT2D eigenvalue weighted by molar-refractivity contribution is 5.85. The molecule has 2 aromatic carbocycles. The van der Waals surface area contributed by atoms with E-state index in [1.807, 2.05) is 54.6 Å². The molecule has 124 valence electrons. The van der Waals surface area contributed by atoms with Gasteiger partial charge in [-0.1, -0.05) is 62.4 Å². The fourth-order valence-corrected chi connectivity index (χ4v) is 2.73. The molecule has 0 bridgehead atoms. The van der Waals surface area contributed by atoms with E-state index in [1.54, 1.807) is 6.07 Å². The van der Waals surface area contributed by atoms with Gasteiger partial charge in [-0.05, 0) is 24.1 Å². The first-order valence-corrected chi connectivity index (χ1v) is 7.79. The van der Waals surface area contributed by atoms with Crippen molar-refractivity contribution in [1.29, 1.82) is 0 Å². The van der Waals surface area contributed by atoms with Crippen molar-refractivity contribution in [2.45, 2.75) is 26.4 Å². The number of hydrogen-bond donors (Lipinski definition) is 0. The highest BCUT2D eigenvalue weighted by Gasteiger charge is 2.47. The molecule has 1 aromatic heterocycles. The van der Waals surface area contributed by atoms with E-state index in [4.69, 9.17) is 0 Å². The SMILES string of the molecule is CC(C)(Cc1cc(-c2ccccc2)nc2ccccc12)C(F)(F)F. The lowest BCUT2D eigenvalue weighted by Crippen LogP contribution is -2.34. The van der Waals surface area contributed by atoms with Gasteiger partial charge in [0.15, 0.2) is 0 Å². The number of halogens is 3. The van der Waals surface area contributed by atoms with Crippen LogP contribution in [-0.4, -0.2) is 11.2 Å².